The minimum absolute atomic E-state index is 0.606. The summed E-state index contributed by atoms with van der Waals surface area (Å²) in [6, 6.07) is 12.8. The van der Waals surface area contributed by atoms with Crippen LogP contribution in [0.3, 0.4) is 0 Å². The standard InChI is InChI=1S/C19H26N2O/c1-14-9-10-21(12-16(14)11-20)13-18-17-6-4-3-5-15(17)7-8-19(18)22-2/h3-8,14,16H,9-13,20H2,1-2H3. The third-order valence-corrected chi connectivity index (χ3v) is 5.10. The normalized spacial score (nSPS) is 22.9. The Morgan fingerprint density at radius 3 is 2.82 bits per heavy atom. The van der Waals surface area contributed by atoms with Crippen LogP contribution in [0.5, 0.6) is 5.75 Å². The van der Waals surface area contributed by atoms with Crippen LogP contribution in [0.2, 0.25) is 0 Å². The molecular formula is C19H26N2O. The van der Waals surface area contributed by atoms with Crippen LogP contribution in [0.1, 0.15) is 18.9 Å². The van der Waals surface area contributed by atoms with Gasteiger partial charge in [-0.2, -0.15) is 0 Å². The number of fused-ring (bicyclic) bond motifs is 1. The van der Waals surface area contributed by atoms with Crippen LogP contribution in [-0.2, 0) is 6.54 Å². The number of likely N-dealkylation sites (tertiary alicyclic amines) is 1. The topological polar surface area (TPSA) is 38.5 Å². The van der Waals surface area contributed by atoms with Gasteiger partial charge in [-0.25, -0.2) is 0 Å². The summed E-state index contributed by atoms with van der Waals surface area (Å²) in [5, 5.41) is 2.57. The summed E-state index contributed by atoms with van der Waals surface area (Å²) < 4.78 is 5.62. The molecule has 22 heavy (non-hydrogen) atoms. The quantitative estimate of drug-likeness (QED) is 0.941. The van der Waals surface area contributed by atoms with Gasteiger partial charge in [0.2, 0.25) is 0 Å². The monoisotopic (exact) mass is 298 g/mol. The van der Waals surface area contributed by atoms with Crippen molar-refractivity contribution in [1.82, 2.24) is 4.90 Å². The average Bonchev–Trinajstić information content (AvgIpc) is 2.56. The molecule has 1 saturated heterocycles. The smallest absolute Gasteiger partial charge is 0.123 e. The lowest BCUT2D eigenvalue weighted by Crippen LogP contribution is -2.42. The molecule has 0 spiro atoms. The van der Waals surface area contributed by atoms with Crippen LogP contribution in [0.15, 0.2) is 36.4 Å². The number of ether oxygens (including phenoxy) is 1. The molecule has 0 saturated carbocycles. The molecule has 0 radical (unpaired) electrons. The van der Waals surface area contributed by atoms with Crippen molar-refractivity contribution in [1.29, 1.82) is 0 Å². The molecule has 1 heterocycles. The Balaban J connectivity index is 1.89. The number of piperidine rings is 1. The predicted molar refractivity (Wildman–Crippen MR) is 92.1 cm³/mol. The number of hydrogen-bond acceptors (Lipinski definition) is 3. The molecule has 3 nitrogen and oxygen atoms in total. The molecule has 2 unspecified atom stereocenters. The van der Waals surface area contributed by atoms with Crippen LogP contribution in [0.25, 0.3) is 10.8 Å². The highest BCUT2D eigenvalue weighted by atomic mass is 16.5. The molecule has 2 aromatic carbocycles. The number of nitrogens with two attached hydrogens (primary N) is 1. The van der Waals surface area contributed by atoms with E-state index in [0.717, 1.165) is 37.8 Å². The zero-order chi connectivity index (χ0) is 15.5. The Bertz CT molecular complexity index is 640. The molecule has 3 rings (SSSR count). The Labute approximate surface area is 133 Å². The maximum atomic E-state index is 5.94. The Morgan fingerprint density at radius 1 is 1.23 bits per heavy atom. The Kier molecular flexibility index (Phi) is 4.65. The van der Waals surface area contributed by atoms with Crippen LogP contribution < -0.4 is 10.5 Å². The van der Waals surface area contributed by atoms with E-state index in [9.17, 15) is 0 Å². The van der Waals surface area contributed by atoms with Gasteiger partial charge in [0.1, 0.15) is 5.75 Å². The second-order valence-electron chi connectivity index (χ2n) is 6.46. The summed E-state index contributed by atoms with van der Waals surface area (Å²) in [7, 11) is 1.76. The Hall–Kier alpha value is -1.58. The van der Waals surface area contributed by atoms with E-state index in [1.807, 2.05) is 0 Å². The number of rotatable bonds is 4. The molecule has 0 bridgehead atoms. The van der Waals surface area contributed by atoms with E-state index < -0.39 is 0 Å². The highest BCUT2D eigenvalue weighted by Gasteiger charge is 2.26. The predicted octanol–water partition coefficient (Wildman–Crippen LogP) is 3.27. The molecule has 1 fully saturated rings. The van der Waals surface area contributed by atoms with E-state index in [-0.39, 0.29) is 0 Å². The summed E-state index contributed by atoms with van der Waals surface area (Å²) in [4.78, 5) is 2.53. The first kappa shape index (κ1) is 15.3. The first-order valence-electron chi connectivity index (χ1n) is 8.20. The molecule has 2 atom stereocenters. The summed E-state index contributed by atoms with van der Waals surface area (Å²) in [5.74, 6) is 2.33. The number of hydrogen-bond donors (Lipinski definition) is 1. The van der Waals surface area contributed by atoms with Crippen molar-refractivity contribution in [3.63, 3.8) is 0 Å². The van der Waals surface area contributed by atoms with Crippen molar-refractivity contribution in [3.8, 4) is 5.75 Å². The van der Waals surface area contributed by atoms with Crippen molar-refractivity contribution in [2.24, 2.45) is 17.6 Å². The zero-order valence-corrected chi connectivity index (χ0v) is 13.6. The van der Waals surface area contributed by atoms with Gasteiger partial charge in [0, 0.05) is 18.7 Å². The molecule has 2 aromatic rings. The van der Waals surface area contributed by atoms with Gasteiger partial charge < -0.3 is 10.5 Å². The molecule has 2 N–H and O–H groups in total. The molecule has 0 amide bonds. The van der Waals surface area contributed by atoms with Gasteiger partial charge in [-0.1, -0.05) is 37.3 Å². The highest BCUT2D eigenvalue weighted by Crippen LogP contribution is 2.31. The summed E-state index contributed by atoms with van der Waals surface area (Å²) in [5.41, 5.74) is 7.24. The third-order valence-electron chi connectivity index (χ3n) is 5.10. The van der Waals surface area contributed by atoms with Gasteiger partial charge in [-0.05, 0) is 48.2 Å². The molecule has 0 aliphatic carbocycles. The fourth-order valence-electron chi connectivity index (χ4n) is 3.57. The largest absolute Gasteiger partial charge is 0.496 e. The van der Waals surface area contributed by atoms with Gasteiger partial charge in [-0.15, -0.1) is 0 Å². The van der Waals surface area contributed by atoms with E-state index in [2.05, 4.69) is 48.2 Å². The van der Waals surface area contributed by atoms with Crippen LogP contribution in [0.4, 0.5) is 0 Å². The lowest BCUT2D eigenvalue weighted by Gasteiger charge is -2.37. The van der Waals surface area contributed by atoms with Crippen LogP contribution >= 0.6 is 0 Å². The molecule has 1 aliphatic heterocycles. The molecule has 0 aromatic heterocycles. The second-order valence-corrected chi connectivity index (χ2v) is 6.46. The molecule has 118 valence electrons. The fourth-order valence-corrected chi connectivity index (χ4v) is 3.57. The van der Waals surface area contributed by atoms with Crippen LogP contribution in [0, 0.1) is 11.8 Å². The van der Waals surface area contributed by atoms with E-state index in [1.54, 1.807) is 7.11 Å². The lowest BCUT2D eigenvalue weighted by atomic mass is 9.87. The van der Waals surface area contributed by atoms with Gasteiger partial charge in [0.05, 0.1) is 7.11 Å². The maximum Gasteiger partial charge on any atom is 0.123 e. The maximum absolute atomic E-state index is 5.94. The summed E-state index contributed by atoms with van der Waals surface area (Å²) >= 11 is 0. The van der Waals surface area contributed by atoms with Crippen molar-refractivity contribution in [2.75, 3.05) is 26.7 Å². The highest BCUT2D eigenvalue weighted by molar-refractivity contribution is 5.87. The third kappa shape index (κ3) is 2.96. The minimum atomic E-state index is 0.606. The zero-order valence-electron chi connectivity index (χ0n) is 13.6. The van der Waals surface area contributed by atoms with Crippen LogP contribution in [-0.4, -0.2) is 31.6 Å². The van der Waals surface area contributed by atoms with E-state index in [4.69, 9.17) is 10.5 Å². The average molecular weight is 298 g/mol. The summed E-state index contributed by atoms with van der Waals surface area (Å²) in [6.07, 6.45) is 1.23. The molecular weight excluding hydrogens is 272 g/mol. The van der Waals surface area contributed by atoms with Crippen molar-refractivity contribution in [2.45, 2.75) is 19.9 Å². The fraction of sp³-hybridized carbons (Fsp3) is 0.474. The molecule has 1 aliphatic rings. The van der Waals surface area contributed by atoms with Gasteiger partial charge in [0.25, 0.3) is 0 Å². The van der Waals surface area contributed by atoms with Crippen molar-refractivity contribution >= 4 is 10.8 Å². The van der Waals surface area contributed by atoms with E-state index in [1.165, 1.54) is 22.8 Å². The number of nitrogens with zero attached hydrogens (tertiary/aromatic N) is 1. The molecule has 3 heteroatoms. The first-order chi connectivity index (χ1) is 10.7. The number of benzene rings is 2. The minimum Gasteiger partial charge on any atom is -0.496 e. The SMILES string of the molecule is COc1ccc2ccccc2c1CN1CCC(C)C(CN)C1. The summed E-state index contributed by atoms with van der Waals surface area (Å²) in [6.45, 7) is 6.28. The van der Waals surface area contributed by atoms with E-state index >= 15 is 0 Å². The van der Waals surface area contributed by atoms with Gasteiger partial charge in [-0.3, -0.25) is 4.90 Å². The van der Waals surface area contributed by atoms with Gasteiger partial charge >= 0.3 is 0 Å². The van der Waals surface area contributed by atoms with Gasteiger partial charge in [0.15, 0.2) is 0 Å². The number of methoxy groups -OCH3 is 1. The first-order valence-corrected chi connectivity index (χ1v) is 8.20. The van der Waals surface area contributed by atoms with E-state index in [0.29, 0.717) is 5.92 Å². The second kappa shape index (κ2) is 6.67. The van der Waals surface area contributed by atoms with Crippen molar-refractivity contribution in [3.05, 3.63) is 42.0 Å². The lowest BCUT2D eigenvalue weighted by molar-refractivity contribution is 0.125. The van der Waals surface area contributed by atoms with Crippen molar-refractivity contribution < 1.29 is 4.74 Å². The Morgan fingerprint density at radius 2 is 2.05 bits per heavy atom.